The summed E-state index contributed by atoms with van der Waals surface area (Å²) in [7, 11) is 0. The van der Waals surface area contributed by atoms with Gasteiger partial charge in [0.15, 0.2) is 17.1 Å². The molecule has 2 aromatic carbocycles. The highest BCUT2D eigenvalue weighted by atomic mass is 79.9. The van der Waals surface area contributed by atoms with E-state index in [2.05, 4.69) is 31.4 Å². The number of amides is 1. The Bertz CT molecular complexity index is 1020. The highest BCUT2D eigenvalue weighted by Gasteiger charge is 2.19. The van der Waals surface area contributed by atoms with Gasteiger partial charge in [-0.3, -0.25) is 4.79 Å². The molecule has 8 heteroatoms. The van der Waals surface area contributed by atoms with Gasteiger partial charge in [-0.25, -0.2) is 0 Å². The molecule has 0 aliphatic carbocycles. The zero-order valence-electron chi connectivity index (χ0n) is 17.5. The van der Waals surface area contributed by atoms with Gasteiger partial charge in [0.2, 0.25) is 5.91 Å². The van der Waals surface area contributed by atoms with E-state index in [1.165, 1.54) is 11.8 Å². The van der Waals surface area contributed by atoms with E-state index in [-0.39, 0.29) is 17.8 Å². The Hall–Kier alpha value is -2.32. The number of benzene rings is 2. The van der Waals surface area contributed by atoms with Crippen molar-refractivity contribution in [1.29, 1.82) is 0 Å². The molecule has 0 unspecified atom stereocenters. The van der Waals surface area contributed by atoms with Crippen LogP contribution in [0.5, 0.6) is 5.75 Å². The second-order valence-electron chi connectivity index (χ2n) is 6.84. The maximum atomic E-state index is 12.5. The molecule has 3 aromatic rings. The number of aromatic nitrogens is 3. The normalized spacial score (nSPS) is 11.9. The maximum absolute atomic E-state index is 12.5. The first-order chi connectivity index (χ1) is 14.4. The van der Waals surface area contributed by atoms with Gasteiger partial charge in [0.25, 0.3) is 0 Å². The summed E-state index contributed by atoms with van der Waals surface area (Å²) in [5, 5.41) is 12.3. The molecule has 0 spiro atoms. The van der Waals surface area contributed by atoms with Crippen LogP contribution in [0.25, 0.3) is 0 Å². The summed E-state index contributed by atoms with van der Waals surface area (Å²) in [4.78, 5) is 12.5. The molecule has 1 atom stereocenters. The van der Waals surface area contributed by atoms with Crippen LogP contribution in [0.3, 0.4) is 0 Å². The third-order valence-electron chi connectivity index (χ3n) is 4.81. The van der Waals surface area contributed by atoms with Crippen LogP contribution in [0.1, 0.15) is 36.9 Å². The van der Waals surface area contributed by atoms with Crippen LogP contribution in [0.15, 0.2) is 52.1 Å². The third-order valence-corrected chi connectivity index (χ3v) is 6.63. The van der Waals surface area contributed by atoms with Crippen LogP contribution in [-0.2, 0) is 11.3 Å². The molecule has 0 saturated carbocycles. The van der Waals surface area contributed by atoms with E-state index in [9.17, 15) is 4.79 Å². The number of rotatable bonds is 8. The van der Waals surface area contributed by atoms with Crippen molar-refractivity contribution in [2.24, 2.45) is 0 Å². The Morgan fingerprint density at radius 3 is 2.60 bits per heavy atom. The summed E-state index contributed by atoms with van der Waals surface area (Å²) >= 11 is 4.88. The Morgan fingerprint density at radius 2 is 1.90 bits per heavy atom. The van der Waals surface area contributed by atoms with E-state index in [1.807, 2.05) is 74.7 Å². The molecule has 158 valence electrons. The number of nitrogens with one attached hydrogen (secondary N) is 1. The lowest BCUT2D eigenvalue weighted by atomic mass is 10.1. The second-order valence-corrected chi connectivity index (χ2v) is 8.64. The molecule has 6 nitrogen and oxygen atoms in total. The molecule has 1 amide bonds. The first-order valence-electron chi connectivity index (χ1n) is 9.73. The van der Waals surface area contributed by atoms with Crippen LogP contribution in [0, 0.1) is 13.8 Å². The zero-order valence-corrected chi connectivity index (χ0v) is 19.9. The van der Waals surface area contributed by atoms with Crippen LogP contribution < -0.4 is 10.1 Å². The largest absolute Gasteiger partial charge is 0.483 e. The summed E-state index contributed by atoms with van der Waals surface area (Å²) in [6.45, 7) is 8.69. The van der Waals surface area contributed by atoms with Crippen LogP contribution in [0.4, 0.5) is 5.69 Å². The predicted molar refractivity (Wildman–Crippen MR) is 124 cm³/mol. The third kappa shape index (κ3) is 5.23. The summed E-state index contributed by atoms with van der Waals surface area (Å²) < 4.78 is 9.00. The van der Waals surface area contributed by atoms with E-state index < -0.39 is 0 Å². The molecule has 0 saturated heterocycles. The smallest absolute Gasteiger partial charge is 0.234 e. The fraction of sp³-hybridized carbons (Fsp3) is 0.318. The second kappa shape index (κ2) is 10.1. The SMILES string of the molecule is CCn1c(SCC(=O)Nc2ccc(Br)c(C)c2C)nnc1[C@@H](C)Oc1ccccc1. The number of hydrogen-bond donors (Lipinski definition) is 1. The fourth-order valence-electron chi connectivity index (χ4n) is 3.00. The van der Waals surface area contributed by atoms with E-state index in [4.69, 9.17) is 4.74 Å². The van der Waals surface area contributed by atoms with E-state index in [0.29, 0.717) is 11.7 Å². The van der Waals surface area contributed by atoms with Gasteiger partial charge in [-0.2, -0.15) is 0 Å². The van der Waals surface area contributed by atoms with Crippen LogP contribution >= 0.6 is 27.7 Å². The molecule has 30 heavy (non-hydrogen) atoms. The van der Waals surface area contributed by atoms with Crippen LogP contribution in [-0.4, -0.2) is 26.4 Å². The van der Waals surface area contributed by atoms with Crippen molar-refractivity contribution in [1.82, 2.24) is 14.8 Å². The lowest BCUT2D eigenvalue weighted by Gasteiger charge is -2.15. The lowest BCUT2D eigenvalue weighted by Crippen LogP contribution is -2.16. The average Bonchev–Trinajstić information content (AvgIpc) is 3.16. The molecule has 1 heterocycles. The number of nitrogens with zero attached hydrogens (tertiary/aromatic N) is 3. The zero-order chi connectivity index (χ0) is 21.7. The Labute approximate surface area is 189 Å². The molecular weight excluding hydrogens is 464 g/mol. The summed E-state index contributed by atoms with van der Waals surface area (Å²) in [5.41, 5.74) is 2.99. The standard InChI is InChI=1S/C22H25BrN4O2S/c1-5-27-21(16(4)29-17-9-7-6-8-10-17)25-26-22(27)30-13-20(28)24-19-12-11-18(23)14(2)15(19)3/h6-12,16H,5,13H2,1-4H3,(H,24,28)/t16-/m1/s1. The van der Waals surface area contributed by atoms with Crippen molar-refractivity contribution in [2.75, 3.05) is 11.1 Å². The number of hydrogen-bond acceptors (Lipinski definition) is 5. The fourth-order valence-corrected chi connectivity index (χ4v) is 4.24. The molecular formula is C22H25BrN4O2S. The van der Waals surface area contributed by atoms with E-state index >= 15 is 0 Å². The van der Waals surface area contributed by atoms with Crippen molar-refractivity contribution in [3.63, 3.8) is 0 Å². The Balaban J connectivity index is 1.64. The average molecular weight is 489 g/mol. The minimum Gasteiger partial charge on any atom is -0.483 e. The van der Waals surface area contributed by atoms with Crippen molar-refractivity contribution in [3.05, 3.63) is 63.9 Å². The molecule has 0 aliphatic heterocycles. The summed E-state index contributed by atoms with van der Waals surface area (Å²) in [6, 6.07) is 13.5. The quantitative estimate of drug-likeness (QED) is 0.421. The van der Waals surface area contributed by atoms with Gasteiger partial charge in [0, 0.05) is 16.7 Å². The van der Waals surface area contributed by atoms with Gasteiger partial charge in [0.05, 0.1) is 5.75 Å². The molecule has 0 fully saturated rings. The van der Waals surface area contributed by atoms with Crippen molar-refractivity contribution in [3.8, 4) is 5.75 Å². The summed E-state index contributed by atoms with van der Waals surface area (Å²) in [6.07, 6.45) is -0.253. The van der Waals surface area contributed by atoms with E-state index in [1.54, 1.807) is 0 Å². The van der Waals surface area contributed by atoms with E-state index in [0.717, 1.165) is 32.9 Å². The molecule has 0 bridgehead atoms. The minimum absolute atomic E-state index is 0.0781. The first kappa shape index (κ1) is 22.4. The van der Waals surface area contributed by atoms with Crippen molar-refractivity contribution >= 4 is 39.3 Å². The highest BCUT2D eigenvalue weighted by molar-refractivity contribution is 9.10. The maximum Gasteiger partial charge on any atom is 0.234 e. The minimum atomic E-state index is -0.253. The monoisotopic (exact) mass is 488 g/mol. The van der Waals surface area contributed by atoms with Gasteiger partial charge in [-0.05, 0) is 63.1 Å². The Morgan fingerprint density at radius 1 is 1.17 bits per heavy atom. The van der Waals surface area contributed by atoms with Gasteiger partial charge >= 0.3 is 0 Å². The number of carbonyl (C=O) groups is 1. The van der Waals surface area contributed by atoms with Gasteiger partial charge in [0.1, 0.15) is 5.75 Å². The first-order valence-corrected chi connectivity index (χ1v) is 11.5. The lowest BCUT2D eigenvalue weighted by molar-refractivity contribution is -0.113. The number of carbonyl (C=O) groups excluding carboxylic acids is 1. The molecule has 1 N–H and O–H groups in total. The predicted octanol–water partition coefficient (Wildman–Crippen LogP) is 5.55. The number of halogens is 1. The van der Waals surface area contributed by atoms with Gasteiger partial charge in [-0.1, -0.05) is 45.9 Å². The number of thioether (sulfide) groups is 1. The number of ether oxygens (including phenoxy) is 1. The van der Waals surface area contributed by atoms with Crippen molar-refractivity contribution < 1.29 is 9.53 Å². The van der Waals surface area contributed by atoms with Gasteiger partial charge in [-0.15, -0.1) is 10.2 Å². The Kier molecular flexibility index (Phi) is 7.55. The molecule has 0 aliphatic rings. The molecule has 0 radical (unpaired) electrons. The van der Waals surface area contributed by atoms with Crippen molar-refractivity contribution in [2.45, 2.75) is 45.5 Å². The topological polar surface area (TPSA) is 69.0 Å². The summed E-state index contributed by atoms with van der Waals surface area (Å²) in [5.74, 6) is 1.69. The molecule has 1 aromatic heterocycles. The van der Waals surface area contributed by atoms with Gasteiger partial charge < -0.3 is 14.6 Å². The highest BCUT2D eigenvalue weighted by Crippen LogP contribution is 2.27. The molecule has 3 rings (SSSR count). The number of anilines is 1. The number of para-hydroxylation sites is 1. The van der Waals surface area contributed by atoms with Crippen LogP contribution in [0.2, 0.25) is 0 Å².